The number of hydrogen-bond donors (Lipinski definition) is 0. The Morgan fingerprint density at radius 1 is 0.351 bits per heavy atom. The van der Waals surface area contributed by atoms with Crippen molar-refractivity contribution in [3.63, 3.8) is 0 Å². The molecule has 0 aliphatic carbocycles. The Hall–Kier alpha value is -7.83. The smallest absolute Gasteiger partial charge is 0.164 e. The first kappa shape index (κ1) is 31.5. The van der Waals surface area contributed by atoms with Crippen molar-refractivity contribution < 1.29 is 8.83 Å². The number of rotatable bonds is 5. The molecular weight excluding hydrogens is 701 g/mol. The molecule has 57 heavy (non-hydrogen) atoms. The molecule has 0 spiro atoms. The van der Waals surface area contributed by atoms with Crippen LogP contribution in [-0.4, -0.2) is 19.5 Å². The molecule has 0 aliphatic heterocycles. The summed E-state index contributed by atoms with van der Waals surface area (Å²) < 4.78 is 15.9. The van der Waals surface area contributed by atoms with E-state index < -0.39 is 0 Å². The third-order valence-electron chi connectivity index (χ3n) is 11.1. The topological polar surface area (TPSA) is 69.9 Å². The number of nitrogens with zero attached hydrogens (tertiary/aromatic N) is 4. The van der Waals surface area contributed by atoms with Crippen molar-refractivity contribution in [1.29, 1.82) is 0 Å². The van der Waals surface area contributed by atoms with Gasteiger partial charge in [-0.1, -0.05) is 140 Å². The maximum Gasteiger partial charge on any atom is 0.164 e. The molecule has 0 saturated heterocycles. The van der Waals surface area contributed by atoms with Gasteiger partial charge in [0.2, 0.25) is 0 Å². The zero-order chi connectivity index (χ0) is 37.5. The highest BCUT2D eigenvalue weighted by molar-refractivity contribution is 6.19. The van der Waals surface area contributed by atoms with Crippen LogP contribution in [0.5, 0.6) is 0 Å². The first-order chi connectivity index (χ1) is 28.3. The zero-order valence-corrected chi connectivity index (χ0v) is 30.4. The van der Waals surface area contributed by atoms with Gasteiger partial charge in [0.25, 0.3) is 0 Å². The van der Waals surface area contributed by atoms with E-state index in [0.29, 0.717) is 17.5 Å². The molecule has 0 saturated carbocycles. The Bertz CT molecular complexity index is 3410. The van der Waals surface area contributed by atoms with Crippen LogP contribution in [0.15, 0.2) is 191 Å². The van der Waals surface area contributed by atoms with Crippen molar-refractivity contribution in [1.82, 2.24) is 19.5 Å². The average Bonchev–Trinajstić information content (AvgIpc) is 3.96. The van der Waals surface area contributed by atoms with Crippen LogP contribution >= 0.6 is 0 Å². The van der Waals surface area contributed by atoms with Crippen molar-refractivity contribution in [2.24, 2.45) is 0 Å². The highest BCUT2D eigenvalue weighted by Gasteiger charge is 2.22. The van der Waals surface area contributed by atoms with Crippen LogP contribution < -0.4 is 0 Å². The fraction of sp³-hybridized carbons (Fsp3) is 0. The van der Waals surface area contributed by atoms with E-state index in [1.807, 2.05) is 72.8 Å². The summed E-state index contributed by atoms with van der Waals surface area (Å²) >= 11 is 0. The SMILES string of the molecule is c1ccc(-c2nc(-c3ccccc3)nc(-c3ccc4oc5c(-c6cccc7oc8c(-n9c%10ccccc%10c%10ccccc%109)cccc8c67)cccc5c4c3)n2)cc1. The van der Waals surface area contributed by atoms with Crippen LogP contribution in [0, 0.1) is 0 Å². The summed E-state index contributed by atoms with van der Waals surface area (Å²) in [5.74, 6) is 1.85. The van der Waals surface area contributed by atoms with Crippen molar-refractivity contribution in [3.05, 3.63) is 182 Å². The molecule has 0 bridgehead atoms. The fourth-order valence-electron chi connectivity index (χ4n) is 8.50. The van der Waals surface area contributed by atoms with E-state index in [1.54, 1.807) is 0 Å². The molecule has 0 atom stereocenters. The largest absolute Gasteiger partial charge is 0.455 e. The Morgan fingerprint density at radius 3 is 1.60 bits per heavy atom. The second kappa shape index (κ2) is 12.3. The summed E-state index contributed by atoms with van der Waals surface area (Å²) in [5.41, 5.74) is 11.4. The molecule has 12 aromatic rings. The molecule has 0 amide bonds. The minimum atomic E-state index is 0.601. The third kappa shape index (κ3) is 4.87. The van der Waals surface area contributed by atoms with Gasteiger partial charge in [-0.2, -0.15) is 0 Å². The van der Waals surface area contributed by atoms with Crippen LogP contribution in [-0.2, 0) is 0 Å². The summed E-state index contributed by atoms with van der Waals surface area (Å²) in [4.78, 5) is 14.9. The first-order valence-corrected chi connectivity index (χ1v) is 19.0. The molecule has 0 aliphatic rings. The molecule has 4 heterocycles. The number of hydrogen-bond acceptors (Lipinski definition) is 5. The normalized spacial score (nSPS) is 11.9. The molecule has 0 N–H and O–H groups in total. The standard InChI is InChI=1S/C51H30N4O2/c1-3-14-31(15-4-1)49-52-50(32-16-5-2-6-17-32)54-51(53-49)33-28-29-44-40(30-33)38-22-11-21-37(47(38)56-44)36-20-13-27-45-46(36)39-23-12-26-43(48(39)57-45)55-41-24-9-7-18-34(41)35-19-8-10-25-42(35)55/h1-30H. The molecular formula is C51H30N4O2. The second-order valence-corrected chi connectivity index (χ2v) is 14.3. The van der Waals surface area contributed by atoms with E-state index >= 15 is 0 Å². The maximum absolute atomic E-state index is 6.82. The van der Waals surface area contributed by atoms with Gasteiger partial charge in [0.15, 0.2) is 23.1 Å². The van der Waals surface area contributed by atoms with Crippen molar-refractivity contribution in [3.8, 4) is 51.0 Å². The van der Waals surface area contributed by atoms with Crippen LogP contribution in [0.3, 0.4) is 0 Å². The molecule has 12 rings (SSSR count). The van der Waals surface area contributed by atoms with Crippen molar-refractivity contribution in [2.45, 2.75) is 0 Å². The highest BCUT2D eigenvalue weighted by Crippen LogP contribution is 2.44. The van der Waals surface area contributed by atoms with Crippen molar-refractivity contribution >= 4 is 65.7 Å². The van der Waals surface area contributed by atoms with E-state index in [4.69, 9.17) is 23.8 Å². The molecule has 266 valence electrons. The number of benzene rings is 8. The predicted octanol–water partition coefficient (Wildman–Crippen LogP) is 13.4. The van der Waals surface area contributed by atoms with Crippen LogP contribution in [0.2, 0.25) is 0 Å². The number of aromatic nitrogens is 4. The van der Waals surface area contributed by atoms with Crippen LogP contribution in [0.1, 0.15) is 0 Å². The summed E-state index contributed by atoms with van der Waals surface area (Å²) in [5, 5.41) is 6.53. The zero-order valence-electron chi connectivity index (χ0n) is 30.4. The second-order valence-electron chi connectivity index (χ2n) is 14.3. The molecule has 6 nitrogen and oxygen atoms in total. The first-order valence-electron chi connectivity index (χ1n) is 19.0. The summed E-state index contributed by atoms with van der Waals surface area (Å²) in [6.07, 6.45) is 0. The molecule has 0 fully saturated rings. The quantitative estimate of drug-likeness (QED) is 0.176. The summed E-state index contributed by atoms with van der Waals surface area (Å²) in [6.45, 7) is 0. The molecule has 8 aromatic carbocycles. The highest BCUT2D eigenvalue weighted by atomic mass is 16.3. The van der Waals surface area contributed by atoms with Gasteiger partial charge in [0.1, 0.15) is 16.7 Å². The Morgan fingerprint density at radius 2 is 0.895 bits per heavy atom. The van der Waals surface area contributed by atoms with Gasteiger partial charge in [0, 0.05) is 54.6 Å². The maximum atomic E-state index is 6.82. The molecule has 0 unspecified atom stereocenters. The van der Waals surface area contributed by atoms with E-state index in [1.165, 1.54) is 10.8 Å². The van der Waals surface area contributed by atoms with E-state index in [-0.39, 0.29) is 0 Å². The van der Waals surface area contributed by atoms with Gasteiger partial charge in [-0.3, -0.25) is 0 Å². The minimum absolute atomic E-state index is 0.601. The van der Waals surface area contributed by atoms with E-state index in [0.717, 1.165) is 88.4 Å². The van der Waals surface area contributed by atoms with Crippen LogP contribution in [0.25, 0.3) is 117 Å². The Kier molecular flexibility index (Phi) is 6.83. The lowest BCUT2D eigenvalue weighted by molar-refractivity contribution is 0.666. The van der Waals surface area contributed by atoms with Crippen LogP contribution in [0.4, 0.5) is 0 Å². The predicted molar refractivity (Wildman–Crippen MR) is 230 cm³/mol. The van der Waals surface area contributed by atoms with Crippen molar-refractivity contribution in [2.75, 3.05) is 0 Å². The molecule has 4 aromatic heterocycles. The fourth-order valence-corrected chi connectivity index (χ4v) is 8.50. The lowest BCUT2D eigenvalue weighted by atomic mass is 9.97. The lowest BCUT2D eigenvalue weighted by Crippen LogP contribution is -2.00. The number of furan rings is 2. The number of para-hydroxylation sites is 4. The summed E-state index contributed by atoms with van der Waals surface area (Å²) in [7, 11) is 0. The minimum Gasteiger partial charge on any atom is -0.455 e. The molecule has 0 radical (unpaired) electrons. The van der Waals surface area contributed by atoms with Gasteiger partial charge in [-0.05, 0) is 48.0 Å². The van der Waals surface area contributed by atoms with Gasteiger partial charge in [-0.25, -0.2) is 15.0 Å². The Balaban J connectivity index is 1.03. The average molecular weight is 731 g/mol. The molecule has 6 heteroatoms. The lowest BCUT2D eigenvalue weighted by Gasteiger charge is -2.08. The van der Waals surface area contributed by atoms with Gasteiger partial charge >= 0.3 is 0 Å². The number of fused-ring (bicyclic) bond motifs is 9. The van der Waals surface area contributed by atoms with Gasteiger partial charge in [0.05, 0.1) is 16.7 Å². The third-order valence-corrected chi connectivity index (χ3v) is 11.1. The summed E-state index contributed by atoms with van der Waals surface area (Å²) in [6, 6.07) is 62.5. The van der Waals surface area contributed by atoms with Gasteiger partial charge in [-0.15, -0.1) is 0 Å². The van der Waals surface area contributed by atoms with Gasteiger partial charge < -0.3 is 13.4 Å². The van der Waals surface area contributed by atoms with E-state index in [9.17, 15) is 0 Å². The van der Waals surface area contributed by atoms with E-state index in [2.05, 4.69) is 114 Å². The Labute approximate surface area is 325 Å². The monoisotopic (exact) mass is 730 g/mol.